The molecule has 0 unspecified atom stereocenters. The van der Waals surface area contributed by atoms with E-state index < -0.39 is 0 Å². The molecule has 1 fully saturated rings. The van der Waals surface area contributed by atoms with Gasteiger partial charge in [-0.25, -0.2) is 4.39 Å². The summed E-state index contributed by atoms with van der Waals surface area (Å²) in [5.74, 6) is 0.571. The quantitative estimate of drug-likeness (QED) is 0.866. The molecule has 3 rings (SSSR count). The maximum absolute atomic E-state index is 13.0. The molecule has 0 spiro atoms. The van der Waals surface area contributed by atoms with Gasteiger partial charge < -0.3 is 9.52 Å². The molecular formula is C13H14FNO2. The Morgan fingerprint density at radius 1 is 1.41 bits per heavy atom. The van der Waals surface area contributed by atoms with Crippen LogP contribution in [0.25, 0.3) is 11.0 Å². The maximum Gasteiger partial charge on any atom is 0.134 e. The minimum atomic E-state index is -0.249. The molecule has 0 saturated carbocycles. The van der Waals surface area contributed by atoms with Crippen LogP contribution in [0, 0.1) is 5.82 Å². The molecule has 0 amide bonds. The van der Waals surface area contributed by atoms with Gasteiger partial charge in [0.05, 0.1) is 12.6 Å². The SMILES string of the molecule is O[C@@H]1CCN(Cc2cc3cc(F)ccc3o2)C1. The Kier molecular flexibility index (Phi) is 2.61. The lowest BCUT2D eigenvalue weighted by atomic mass is 10.2. The van der Waals surface area contributed by atoms with Crippen molar-refractivity contribution < 1.29 is 13.9 Å². The van der Waals surface area contributed by atoms with Gasteiger partial charge >= 0.3 is 0 Å². The number of halogens is 1. The molecule has 3 nitrogen and oxygen atoms in total. The second-order valence-electron chi connectivity index (χ2n) is 4.57. The number of rotatable bonds is 2. The second kappa shape index (κ2) is 4.13. The molecule has 0 bridgehead atoms. The molecule has 0 aliphatic carbocycles. The van der Waals surface area contributed by atoms with Crippen LogP contribution < -0.4 is 0 Å². The largest absolute Gasteiger partial charge is 0.460 e. The van der Waals surface area contributed by atoms with Gasteiger partial charge in [0.15, 0.2) is 0 Å². The van der Waals surface area contributed by atoms with Crippen molar-refractivity contribution in [2.24, 2.45) is 0 Å². The number of nitrogens with zero attached hydrogens (tertiary/aromatic N) is 1. The first kappa shape index (κ1) is 10.7. The Labute approximate surface area is 98.4 Å². The van der Waals surface area contributed by atoms with E-state index in [0.29, 0.717) is 18.7 Å². The first-order chi connectivity index (χ1) is 8.20. The summed E-state index contributed by atoms with van der Waals surface area (Å²) >= 11 is 0. The van der Waals surface area contributed by atoms with Gasteiger partial charge in [-0.2, -0.15) is 0 Å². The van der Waals surface area contributed by atoms with Crippen LogP contribution in [0.3, 0.4) is 0 Å². The summed E-state index contributed by atoms with van der Waals surface area (Å²) in [6.45, 7) is 2.24. The minimum Gasteiger partial charge on any atom is -0.460 e. The fourth-order valence-electron chi connectivity index (χ4n) is 2.32. The number of hydrogen-bond acceptors (Lipinski definition) is 3. The number of aliphatic hydroxyl groups is 1. The van der Waals surface area contributed by atoms with Crippen LogP contribution in [-0.2, 0) is 6.54 Å². The second-order valence-corrected chi connectivity index (χ2v) is 4.57. The van der Waals surface area contributed by atoms with Gasteiger partial charge in [0.2, 0.25) is 0 Å². The van der Waals surface area contributed by atoms with E-state index in [1.165, 1.54) is 12.1 Å². The zero-order valence-electron chi connectivity index (χ0n) is 9.40. The molecule has 1 aromatic carbocycles. The molecule has 1 aliphatic rings. The first-order valence-corrected chi connectivity index (χ1v) is 5.79. The summed E-state index contributed by atoms with van der Waals surface area (Å²) in [6, 6.07) is 6.38. The predicted octanol–water partition coefficient (Wildman–Crippen LogP) is 2.14. The smallest absolute Gasteiger partial charge is 0.134 e. The van der Waals surface area contributed by atoms with Crippen LogP contribution in [0.1, 0.15) is 12.2 Å². The van der Waals surface area contributed by atoms with Crippen LogP contribution in [0.2, 0.25) is 0 Å². The number of aliphatic hydroxyl groups excluding tert-OH is 1. The number of fused-ring (bicyclic) bond motifs is 1. The lowest BCUT2D eigenvalue weighted by molar-refractivity contribution is 0.172. The molecular weight excluding hydrogens is 221 g/mol. The molecule has 90 valence electrons. The first-order valence-electron chi connectivity index (χ1n) is 5.79. The molecule has 2 heterocycles. The molecule has 4 heteroatoms. The zero-order chi connectivity index (χ0) is 11.8. The van der Waals surface area contributed by atoms with Gasteiger partial charge in [-0.1, -0.05) is 0 Å². The topological polar surface area (TPSA) is 36.6 Å². The van der Waals surface area contributed by atoms with Crippen molar-refractivity contribution in [2.45, 2.75) is 19.1 Å². The summed E-state index contributed by atoms with van der Waals surface area (Å²) in [5.41, 5.74) is 0.709. The van der Waals surface area contributed by atoms with Crippen molar-refractivity contribution in [2.75, 3.05) is 13.1 Å². The molecule has 1 saturated heterocycles. The molecule has 1 N–H and O–H groups in total. The highest BCUT2D eigenvalue weighted by atomic mass is 19.1. The fraction of sp³-hybridized carbons (Fsp3) is 0.385. The van der Waals surface area contributed by atoms with Crippen LogP contribution in [0.15, 0.2) is 28.7 Å². The molecule has 17 heavy (non-hydrogen) atoms. The Morgan fingerprint density at radius 3 is 3.06 bits per heavy atom. The van der Waals surface area contributed by atoms with E-state index in [1.807, 2.05) is 6.07 Å². The van der Waals surface area contributed by atoms with E-state index in [2.05, 4.69) is 4.90 Å². The fourth-order valence-corrected chi connectivity index (χ4v) is 2.32. The van der Waals surface area contributed by atoms with E-state index >= 15 is 0 Å². The summed E-state index contributed by atoms with van der Waals surface area (Å²) in [7, 11) is 0. The summed E-state index contributed by atoms with van der Waals surface area (Å²) in [5, 5.41) is 10.2. The monoisotopic (exact) mass is 235 g/mol. The summed E-state index contributed by atoms with van der Waals surface area (Å²) < 4.78 is 18.6. The van der Waals surface area contributed by atoms with Crippen molar-refractivity contribution >= 4 is 11.0 Å². The van der Waals surface area contributed by atoms with Crippen molar-refractivity contribution in [3.05, 3.63) is 35.8 Å². The number of furan rings is 1. The Balaban J connectivity index is 1.81. The third-order valence-corrected chi connectivity index (χ3v) is 3.16. The predicted molar refractivity (Wildman–Crippen MR) is 62.1 cm³/mol. The average molecular weight is 235 g/mol. The zero-order valence-corrected chi connectivity index (χ0v) is 9.40. The van der Waals surface area contributed by atoms with Gasteiger partial charge in [0, 0.05) is 18.5 Å². The lowest BCUT2D eigenvalue weighted by Gasteiger charge is -2.11. The summed E-state index contributed by atoms with van der Waals surface area (Å²) in [4.78, 5) is 2.14. The van der Waals surface area contributed by atoms with Crippen LogP contribution >= 0.6 is 0 Å². The highest BCUT2D eigenvalue weighted by molar-refractivity contribution is 5.77. The van der Waals surface area contributed by atoms with E-state index in [0.717, 1.165) is 24.1 Å². The normalized spacial score (nSPS) is 21.4. The van der Waals surface area contributed by atoms with Gasteiger partial charge in [-0.3, -0.25) is 4.90 Å². The van der Waals surface area contributed by atoms with E-state index in [1.54, 1.807) is 6.07 Å². The van der Waals surface area contributed by atoms with Crippen molar-refractivity contribution in [1.29, 1.82) is 0 Å². The van der Waals surface area contributed by atoms with E-state index in [9.17, 15) is 9.50 Å². The summed E-state index contributed by atoms with van der Waals surface area (Å²) in [6.07, 6.45) is 0.589. The van der Waals surface area contributed by atoms with Gasteiger partial charge in [-0.05, 0) is 30.7 Å². The Morgan fingerprint density at radius 2 is 2.29 bits per heavy atom. The van der Waals surface area contributed by atoms with Crippen molar-refractivity contribution in [3.8, 4) is 0 Å². The maximum atomic E-state index is 13.0. The standard InChI is InChI=1S/C13H14FNO2/c14-10-1-2-13-9(5-10)6-12(17-13)8-15-4-3-11(16)7-15/h1-2,5-6,11,16H,3-4,7-8H2/t11-/m1/s1. The molecule has 1 atom stereocenters. The number of benzene rings is 1. The molecule has 1 aliphatic heterocycles. The molecule has 0 radical (unpaired) electrons. The van der Waals surface area contributed by atoms with Crippen LogP contribution in [-0.4, -0.2) is 29.2 Å². The van der Waals surface area contributed by atoms with Crippen molar-refractivity contribution in [1.82, 2.24) is 4.90 Å². The van der Waals surface area contributed by atoms with Gasteiger partial charge in [0.1, 0.15) is 17.2 Å². The highest BCUT2D eigenvalue weighted by Gasteiger charge is 2.21. The van der Waals surface area contributed by atoms with Crippen LogP contribution in [0.4, 0.5) is 4.39 Å². The number of β-amino-alcohol motifs (C(OH)–C–C–N with tert-alkyl or cyclic N) is 1. The Bertz CT molecular complexity index is 537. The third kappa shape index (κ3) is 2.18. The lowest BCUT2D eigenvalue weighted by Crippen LogP contribution is -2.21. The average Bonchev–Trinajstić information content (AvgIpc) is 2.84. The Hall–Kier alpha value is -1.39. The highest BCUT2D eigenvalue weighted by Crippen LogP contribution is 2.22. The number of likely N-dealkylation sites (tertiary alicyclic amines) is 1. The molecule has 1 aromatic heterocycles. The van der Waals surface area contributed by atoms with Crippen LogP contribution in [0.5, 0.6) is 0 Å². The third-order valence-electron chi connectivity index (χ3n) is 3.16. The van der Waals surface area contributed by atoms with Crippen molar-refractivity contribution in [3.63, 3.8) is 0 Å². The minimum absolute atomic E-state index is 0.225. The van der Waals surface area contributed by atoms with Gasteiger partial charge in [0.25, 0.3) is 0 Å². The number of hydrogen-bond donors (Lipinski definition) is 1. The van der Waals surface area contributed by atoms with E-state index in [4.69, 9.17) is 4.42 Å². The molecule has 2 aromatic rings. The van der Waals surface area contributed by atoms with E-state index in [-0.39, 0.29) is 11.9 Å². The van der Waals surface area contributed by atoms with Gasteiger partial charge in [-0.15, -0.1) is 0 Å².